The summed E-state index contributed by atoms with van der Waals surface area (Å²) in [5.74, 6) is 0. The van der Waals surface area contributed by atoms with E-state index in [9.17, 15) is 0 Å². The molecule has 9 aromatic rings. The van der Waals surface area contributed by atoms with E-state index in [-0.39, 0.29) is 0 Å². The van der Waals surface area contributed by atoms with Crippen LogP contribution in [-0.2, 0) is 7.05 Å². The maximum atomic E-state index is 2.41. The molecule has 0 aliphatic heterocycles. The van der Waals surface area contributed by atoms with Crippen molar-refractivity contribution in [2.24, 2.45) is 7.05 Å². The van der Waals surface area contributed by atoms with Crippen LogP contribution in [0.2, 0.25) is 0 Å². The standard InChI is InChI=1S/C37H25N3/c1-38-32-20-19-25(40-33-16-8-5-13-26(33)27-14-6-9-17-34(27)40)21-29(32)31-23-37-30(22-36(31)38)28-15-7-10-18-35(28)39(37)24-11-3-2-4-12-24/h2-23H,1H3. The Morgan fingerprint density at radius 1 is 0.325 bits per heavy atom. The van der Waals surface area contributed by atoms with Gasteiger partial charge < -0.3 is 13.7 Å². The second kappa shape index (κ2) is 7.87. The van der Waals surface area contributed by atoms with E-state index in [1.165, 1.54) is 76.8 Å². The molecule has 3 nitrogen and oxygen atoms in total. The van der Waals surface area contributed by atoms with Crippen LogP contribution in [0.3, 0.4) is 0 Å². The highest BCUT2D eigenvalue weighted by Gasteiger charge is 2.18. The molecule has 0 saturated heterocycles. The number of aromatic nitrogens is 3. The Bertz CT molecular complexity index is 2380. The fourth-order valence-electron chi connectivity index (χ4n) is 6.85. The summed E-state index contributed by atoms with van der Waals surface area (Å²) in [5.41, 5.74) is 9.77. The number of aryl methyl sites for hydroxylation is 1. The molecule has 0 N–H and O–H groups in total. The summed E-state index contributed by atoms with van der Waals surface area (Å²) in [5, 5.41) is 7.66. The van der Waals surface area contributed by atoms with Crippen LogP contribution in [0.5, 0.6) is 0 Å². The van der Waals surface area contributed by atoms with Crippen LogP contribution in [0.4, 0.5) is 0 Å². The van der Waals surface area contributed by atoms with Gasteiger partial charge in [-0.1, -0.05) is 72.8 Å². The SMILES string of the molecule is Cn1c2ccc(-n3c4ccccc4c4ccccc43)cc2c2cc3c(cc21)c1ccccc1n3-c1ccccc1. The molecule has 0 amide bonds. The molecule has 9 rings (SSSR count). The molecular formula is C37H25N3. The molecule has 0 bridgehead atoms. The Hall–Kier alpha value is -5.28. The van der Waals surface area contributed by atoms with Crippen LogP contribution < -0.4 is 0 Å². The van der Waals surface area contributed by atoms with E-state index in [1.807, 2.05) is 0 Å². The highest BCUT2D eigenvalue weighted by atomic mass is 15.0. The maximum Gasteiger partial charge on any atom is 0.0548 e. The predicted molar refractivity (Wildman–Crippen MR) is 169 cm³/mol. The second-order valence-electron chi connectivity index (χ2n) is 10.7. The van der Waals surface area contributed by atoms with E-state index < -0.39 is 0 Å². The van der Waals surface area contributed by atoms with Gasteiger partial charge >= 0.3 is 0 Å². The first-order valence-corrected chi connectivity index (χ1v) is 13.8. The Kier molecular flexibility index (Phi) is 4.26. The smallest absolute Gasteiger partial charge is 0.0548 e. The Morgan fingerprint density at radius 3 is 1.45 bits per heavy atom. The van der Waals surface area contributed by atoms with Crippen molar-refractivity contribution in [2.75, 3.05) is 0 Å². The highest BCUT2D eigenvalue weighted by molar-refractivity contribution is 6.19. The van der Waals surface area contributed by atoms with Crippen LogP contribution in [0, 0.1) is 0 Å². The first-order chi connectivity index (χ1) is 19.8. The lowest BCUT2D eigenvalue weighted by atomic mass is 10.1. The Labute approximate surface area is 230 Å². The quantitative estimate of drug-likeness (QED) is 0.219. The van der Waals surface area contributed by atoms with Gasteiger partial charge in [0.25, 0.3) is 0 Å². The van der Waals surface area contributed by atoms with E-state index >= 15 is 0 Å². The molecule has 3 heteroatoms. The van der Waals surface area contributed by atoms with Crippen molar-refractivity contribution >= 4 is 65.4 Å². The molecule has 0 fully saturated rings. The minimum Gasteiger partial charge on any atom is -0.344 e. The zero-order chi connectivity index (χ0) is 26.4. The molecule has 0 aliphatic carbocycles. The fraction of sp³-hybridized carbons (Fsp3) is 0.0270. The van der Waals surface area contributed by atoms with Crippen LogP contribution in [0.15, 0.2) is 133 Å². The highest BCUT2D eigenvalue weighted by Crippen LogP contribution is 2.39. The van der Waals surface area contributed by atoms with Crippen LogP contribution in [0.1, 0.15) is 0 Å². The third kappa shape index (κ3) is 2.79. The van der Waals surface area contributed by atoms with Gasteiger partial charge in [-0.05, 0) is 60.7 Å². The van der Waals surface area contributed by atoms with Gasteiger partial charge in [0.2, 0.25) is 0 Å². The molecule has 0 aliphatic rings. The second-order valence-corrected chi connectivity index (χ2v) is 10.7. The number of nitrogens with zero attached hydrogens (tertiary/aromatic N) is 3. The van der Waals surface area contributed by atoms with Crippen molar-refractivity contribution in [1.29, 1.82) is 0 Å². The number of fused-ring (bicyclic) bond motifs is 9. The summed E-state index contributed by atoms with van der Waals surface area (Å²) in [4.78, 5) is 0. The predicted octanol–water partition coefficient (Wildman–Crippen LogP) is 9.53. The fourth-order valence-corrected chi connectivity index (χ4v) is 6.85. The lowest BCUT2D eigenvalue weighted by Gasteiger charge is -2.09. The zero-order valence-corrected chi connectivity index (χ0v) is 22.0. The van der Waals surface area contributed by atoms with Gasteiger partial charge in [0.05, 0.1) is 22.1 Å². The zero-order valence-electron chi connectivity index (χ0n) is 22.0. The molecule has 0 saturated carbocycles. The summed E-state index contributed by atoms with van der Waals surface area (Å²) >= 11 is 0. The molecular weight excluding hydrogens is 486 g/mol. The van der Waals surface area contributed by atoms with Crippen molar-refractivity contribution in [3.8, 4) is 11.4 Å². The molecule has 6 aromatic carbocycles. The largest absolute Gasteiger partial charge is 0.344 e. The molecule has 0 unspecified atom stereocenters. The molecule has 3 aromatic heterocycles. The normalized spacial score (nSPS) is 12.1. The van der Waals surface area contributed by atoms with Crippen molar-refractivity contribution in [3.63, 3.8) is 0 Å². The van der Waals surface area contributed by atoms with Gasteiger partial charge in [-0.15, -0.1) is 0 Å². The van der Waals surface area contributed by atoms with E-state index in [1.54, 1.807) is 0 Å². The topological polar surface area (TPSA) is 14.8 Å². The lowest BCUT2D eigenvalue weighted by Crippen LogP contribution is -1.94. The minimum absolute atomic E-state index is 1.18. The molecule has 3 heterocycles. The number of hydrogen-bond donors (Lipinski definition) is 0. The van der Waals surface area contributed by atoms with Gasteiger partial charge in [0.15, 0.2) is 0 Å². The van der Waals surface area contributed by atoms with E-state index in [0.717, 1.165) is 0 Å². The van der Waals surface area contributed by atoms with E-state index in [4.69, 9.17) is 0 Å². The maximum absolute atomic E-state index is 2.41. The summed E-state index contributed by atoms with van der Waals surface area (Å²) < 4.78 is 7.15. The average Bonchev–Trinajstić information content (AvgIpc) is 3.62. The first kappa shape index (κ1) is 21.6. The summed E-state index contributed by atoms with van der Waals surface area (Å²) in [6.45, 7) is 0. The van der Waals surface area contributed by atoms with Gasteiger partial charge in [-0.25, -0.2) is 0 Å². The lowest BCUT2D eigenvalue weighted by molar-refractivity contribution is 1.01. The van der Waals surface area contributed by atoms with E-state index in [2.05, 4.69) is 154 Å². The van der Waals surface area contributed by atoms with Crippen molar-refractivity contribution in [1.82, 2.24) is 13.7 Å². The summed E-state index contributed by atoms with van der Waals surface area (Å²) in [6.07, 6.45) is 0. The molecule has 0 radical (unpaired) electrons. The van der Waals surface area contributed by atoms with E-state index in [0.29, 0.717) is 0 Å². The van der Waals surface area contributed by atoms with Crippen LogP contribution in [-0.4, -0.2) is 13.7 Å². The Morgan fingerprint density at radius 2 is 0.800 bits per heavy atom. The van der Waals surface area contributed by atoms with Gasteiger partial charge in [0, 0.05) is 61.8 Å². The number of rotatable bonds is 2. The van der Waals surface area contributed by atoms with Gasteiger partial charge in [-0.2, -0.15) is 0 Å². The van der Waals surface area contributed by atoms with Gasteiger partial charge in [-0.3, -0.25) is 0 Å². The first-order valence-electron chi connectivity index (χ1n) is 13.8. The third-order valence-corrected chi connectivity index (χ3v) is 8.64. The molecule has 188 valence electrons. The van der Waals surface area contributed by atoms with Gasteiger partial charge in [0.1, 0.15) is 0 Å². The number of benzene rings is 6. The van der Waals surface area contributed by atoms with Crippen molar-refractivity contribution in [3.05, 3.63) is 133 Å². The summed E-state index contributed by atoms with van der Waals surface area (Å²) in [6, 6.07) is 48.6. The molecule has 0 atom stereocenters. The monoisotopic (exact) mass is 511 g/mol. The third-order valence-electron chi connectivity index (χ3n) is 8.64. The summed E-state index contributed by atoms with van der Waals surface area (Å²) in [7, 11) is 2.19. The molecule has 40 heavy (non-hydrogen) atoms. The number of para-hydroxylation sites is 4. The van der Waals surface area contributed by atoms with Crippen LogP contribution in [0.25, 0.3) is 76.8 Å². The van der Waals surface area contributed by atoms with Crippen molar-refractivity contribution < 1.29 is 0 Å². The van der Waals surface area contributed by atoms with Crippen LogP contribution >= 0.6 is 0 Å². The minimum atomic E-state index is 1.18. The molecule has 0 spiro atoms. The number of hydrogen-bond acceptors (Lipinski definition) is 0. The Balaban J connectivity index is 1.40. The van der Waals surface area contributed by atoms with Crippen molar-refractivity contribution in [2.45, 2.75) is 0 Å². The average molecular weight is 512 g/mol.